The Hall–Kier alpha value is -3.25. The van der Waals surface area contributed by atoms with Crippen molar-refractivity contribution in [2.24, 2.45) is 0 Å². The standard InChI is InChI=1S/C24H27N5O/c1-19(29(20-7-5-11-25-17-20)21-8-6-12-26-18-21)22-9-3-4-10-23(22)24(30)28-15-13-27(2)14-16-28/h3-12,17-19H,13-16H2,1-2H3. The van der Waals surface area contributed by atoms with E-state index in [2.05, 4.69) is 33.7 Å². The van der Waals surface area contributed by atoms with Gasteiger partial charge >= 0.3 is 0 Å². The average Bonchev–Trinajstić information content (AvgIpc) is 2.81. The first-order chi connectivity index (χ1) is 14.6. The second-order valence-corrected chi connectivity index (χ2v) is 7.65. The molecule has 1 amide bonds. The largest absolute Gasteiger partial charge is 0.336 e. The molecule has 6 heteroatoms. The van der Waals surface area contributed by atoms with Gasteiger partial charge in [-0.15, -0.1) is 0 Å². The number of hydrogen-bond donors (Lipinski definition) is 0. The van der Waals surface area contributed by atoms with Crippen molar-refractivity contribution in [2.75, 3.05) is 38.1 Å². The van der Waals surface area contributed by atoms with Gasteiger partial charge in [-0.3, -0.25) is 14.8 Å². The molecule has 154 valence electrons. The molecule has 2 aromatic heterocycles. The highest BCUT2D eigenvalue weighted by Gasteiger charge is 2.27. The molecule has 1 aliphatic rings. The normalized spacial score (nSPS) is 15.6. The zero-order chi connectivity index (χ0) is 20.9. The zero-order valence-corrected chi connectivity index (χ0v) is 17.5. The van der Waals surface area contributed by atoms with Crippen molar-refractivity contribution in [1.29, 1.82) is 0 Å². The summed E-state index contributed by atoms with van der Waals surface area (Å²) in [5, 5.41) is 0. The molecule has 0 aliphatic carbocycles. The second-order valence-electron chi connectivity index (χ2n) is 7.65. The van der Waals surface area contributed by atoms with Crippen LogP contribution < -0.4 is 4.90 Å². The second kappa shape index (κ2) is 9.05. The number of benzene rings is 1. The molecule has 0 saturated carbocycles. The van der Waals surface area contributed by atoms with Crippen molar-refractivity contribution in [1.82, 2.24) is 19.8 Å². The van der Waals surface area contributed by atoms with Crippen molar-refractivity contribution in [3.8, 4) is 0 Å². The minimum atomic E-state index is -0.0778. The molecule has 1 saturated heterocycles. The Balaban J connectivity index is 1.71. The Morgan fingerprint density at radius 3 is 2.07 bits per heavy atom. The van der Waals surface area contributed by atoms with Crippen LogP contribution in [0.4, 0.5) is 11.4 Å². The van der Waals surface area contributed by atoms with E-state index in [1.165, 1.54) is 0 Å². The SMILES string of the molecule is CC(c1ccccc1C(=O)N1CCN(C)CC1)N(c1cccnc1)c1cccnc1. The number of amides is 1. The molecule has 30 heavy (non-hydrogen) atoms. The van der Waals surface area contributed by atoms with Gasteiger partial charge in [0.2, 0.25) is 0 Å². The van der Waals surface area contributed by atoms with Crippen molar-refractivity contribution in [2.45, 2.75) is 13.0 Å². The van der Waals surface area contributed by atoms with E-state index in [1.54, 1.807) is 12.4 Å². The number of hydrogen-bond acceptors (Lipinski definition) is 5. The van der Waals surface area contributed by atoms with Crippen LogP contribution in [0.1, 0.15) is 28.9 Å². The highest BCUT2D eigenvalue weighted by molar-refractivity contribution is 5.96. The molecule has 1 atom stereocenters. The predicted octanol–water partition coefficient (Wildman–Crippen LogP) is 3.76. The van der Waals surface area contributed by atoms with Crippen LogP contribution in [0.5, 0.6) is 0 Å². The lowest BCUT2D eigenvalue weighted by Crippen LogP contribution is -2.47. The number of carbonyl (C=O) groups is 1. The van der Waals surface area contributed by atoms with E-state index in [9.17, 15) is 4.79 Å². The molecule has 0 N–H and O–H groups in total. The van der Waals surface area contributed by atoms with Gasteiger partial charge in [0.15, 0.2) is 0 Å². The maximum absolute atomic E-state index is 13.4. The maximum Gasteiger partial charge on any atom is 0.254 e. The smallest absolute Gasteiger partial charge is 0.254 e. The van der Waals surface area contributed by atoms with Gasteiger partial charge in [0.25, 0.3) is 5.91 Å². The van der Waals surface area contributed by atoms with Crippen LogP contribution in [0.3, 0.4) is 0 Å². The summed E-state index contributed by atoms with van der Waals surface area (Å²) < 4.78 is 0. The summed E-state index contributed by atoms with van der Waals surface area (Å²) in [4.78, 5) is 28.4. The molecule has 0 bridgehead atoms. The molecule has 0 radical (unpaired) electrons. The highest BCUT2D eigenvalue weighted by atomic mass is 16.2. The number of pyridine rings is 2. The topological polar surface area (TPSA) is 52.6 Å². The maximum atomic E-state index is 13.4. The summed E-state index contributed by atoms with van der Waals surface area (Å²) in [6, 6.07) is 15.8. The highest BCUT2D eigenvalue weighted by Crippen LogP contribution is 2.35. The van der Waals surface area contributed by atoms with Crippen molar-refractivity contribution in [3.05, 3.63) is 84.4 Å². The van der Waals surface area contributed by atoms with E-state index in [0.29, 0.717) is 0 Å². The van der Waals surface area contributed by atoms with E-state index < -0.39 is 0 Å². The molecular formula is C24H27N5O. The summed E-state index contributed by atoms with van der Waals surface area (Å²) in [6.45, 7) is 5.44. The van der Waals surface area contributed by atoms with Gasteiger partial charge < -0.3 is 14.7 Å². The van der Waals surface area contributed by atoms with Crippen molar-refractivity contribution < 1.29 is 4.79 Å². The fourth-order valence-electron chi connectivity index (χ4n) is 3.96. The molecule has 1 unspecified atom stereocenters. The van der Waals surface area contributed by atoms with E-state index in [1.807, 2.05) is 65.8 Å². The Bertz CT molecular complexity index is 932. The number of anilines is 2. The number of aromatic nitrogens is 2. The monoisotopic (exact) mass is 401 g/mol. The molecule has 1 aliphatic heterocycles. The van der Waals surface area contributed by atoms with Crippen LogP contribution in [0.25, 0.3) is 0 Å². The first kappa shape index (κ1) is 20.0. The van der Waals surface area contributed by atoms with Crippen LogP contribution in [0, 0.1) is 0 Å². The van der Waals surface area contributed by atoms with Crippen LogP contribution in [-0.4, -0.2) is 58.9 Å². The van der Waals surface area contributed by atoms with E-state index >= 15 is 0 Å². The quantitative estimate of drug-likeness (QED) is 0.652. The number of carbonyl (C=O) groups excluding carboxylic acids is 1. The molecule has 4 rings (SSSR count). The van der Waals surface area contributed by atoms with Crippen LogP contribution in [0.15, 0.2) is 73.3 Å². The number of likely N-dealkylation sites (N-methyl/N-ethyl adjacent to an activating group) is 1. The first-order valence-electron chi connectivity index (χ1n) is 10.3. The average molecular weight is 402 g/mol. The third-order valence-corrected chi connectivity index (χ3v) is 5.67. The lowest BCUT2D eigenvalue weighted by atomic mass is 9.98. The number of piperazine rings is 1. The third kappa shape index (κ3) is 4.19. The summed E-state index contributed by atoms with van der Waals surface area (Å²) in [7, 11) is 2.09. The third-order valence-electron chi connectivity index (χ3n) is 5.67. The van der Waals surface area contributed by atoms with Crippen LogP contribution in [-0.2, 0) is 0 Å². The predicted molar refractivity (Wildman–Crippen MR) is 119 cm³/mol. The van der Waals surface area contributed by atoms with Gasteiger partial charge in [-0.1, -0.05) is 18.2 Å². The zero-order valence-electron chi connectivity index (χ0n) is 17.5. The Kier molecular flexibility index (Phi) is 6.05. The van der Waals surface area contributed by atoms with E-state index in [-0.39, 0.29) is 11.9 Å². The minimum absolute atomic E-state index is 0.0778. The molecule has 0 spiro atoms. The fraction of sp³-hybridized carbons (Fsp3) is 0.292. The number of rotatable bonds is 5. The lowest BCUT2D eigenvalue weighted by molar-refractivity contribution is 0.0662. The lowest BCUT2D eigenvalue weighted by Gasteiger charge is -2.35. The Labute approximate surface area is 177 Å². The fourth-order valence-corrected chi connectivity index (χ4v) is 3.96. The Morgan fingerprint density at radius 1 is 0.900 bits per heavy atom. The molecular weight excluding hydrogens is 374 g/mol. The molecule has 1 fully saturated rings. The van der Waals surface area contributed by atoms with Gasteiger partial charge in [-0.2, -0.15) is 0 Å². The van der Waals surface area contributed by atoms with E-state index in [4.69, 9.17) is 0 Å². The summed E-state index contributed by atoms with van der Waals surface area (Å²) in [5.74, 6) is 0.0999. The summed E-state index contributed by atoms with van der Waals surface area (Å²) in [5.41, 5.74) is 3.67. The summed E-state index contributed by atoms with van der Waals surface area (Å²) >= 11 is 0. The number of nitrogens with zero attached hydrogens (tertiary/aromatic N) is 5. The van der Waals surface area contributed by atoms with Crippen LogP contribution in [0.2, 0.25) is 0 Å². The molecule has 3 aromatic rings. The van der Waals surface area contributed by atoms with Crippen molar-refractivity contribution in [3.63, 3.8) is 0 Å². The van der Waals surface area contributed by atoms with Crippen molar-refractivity contribution >= 4 is 17.3 Å². The minimum Gasteiger partial charge on any atom is -0.336 e. The van der Waals surface area contributed by atoms with Gasteiger partial charge in [0, 0.05) is 44.1 Å². The van der Waals surface area contributed by atoms with Gasteiger partial charge in [-0.05, 0) is 49.9 Å². The first-order valence-corrected chi connectivity index (χ1v) is 10.3. The molecule has 6 nitrogen and oxygen atoms in total. The van der Waals surface area contributed by atoms with Gasteiger partial charge in [0.1, 0.15) is 0 Å². The van der Waals surface area contributed by atoms with Gasteiger partial charge in [0.05, 0.1) is 29.8 Å². The van der Waals surface area contributed by atoms with E-state index in [0.717, 1.165) is 48.7 Å². The summed E-state index contributed by atoms with van der Waals surface area (Å²) in [6.07, 6.45) is 7.21. The Morgan fingerprint density at radius 2 is 1.50 bits per heavy atom. The molecule has 3 heterocycles. The van der Waals surface area contributed by atoms with Gasteiger partial charge in [-0.25, -0.2) is 0 Å². The molecule has 1 aromatic carbocycles. The van der Waals surface area contributed by atoms with Crippen LogP contribution >= 0.6 is 0 Å².